The third kappa shape index (κ3) is 64.6. The van der Waals surface area contributed by atoms with Crippen molar-refractivity contribution in [3.63, 3.8) is 0 Å². The third-order valence-corrected chi connectivity index (χ3v) is 15.9. The summed E-state index contributed by atoms with van der Waals surface area (Å²) in [5, 5.41) is 0. The van der Waals surface area contributed by atoms with E-state index in [1.54, 1.807) is 0 Å². The molecule has 454 valence electrons. The molecule has 0 amide bonds. The van der Waals surface area contributed by atoms with Crippen molar-refractivity contribution in [1.82, 2.24) is 0 Å². The Balaban J connectivity index is 3.89. The second kappa shape index (κ2) is 66.4. The van der Waals surface area contributed by atoms with Crippen LogP contribution in [0.2, 0.25) is 0 Å². The first-order valence-electron chi connectivity index (χ1n) is 34.8. The quantitative estimate of drug-likeness (QED) is 0.0261. The Kier molecular flexibility index (Phi) is 64.6. The van der Waals surface area contributed by atoms with E-state index in [0.29, 0.717) is 19.3 Å². The van der Waals surface area contributed by atoms with Crippen LogP contribution < -0.4 is 0 Å². The van der Waals surface area contributed by atoms with Gasteiger partial charge in [0.2, 0.25) is 0 Å². The molecule has 0 spiro atoms. The molecule has 1 unspecified atom stereocenters. The lowest BCUT2D eigenvalue weighted by Crippen LogP contribution is -2.30. The Morgan fingerprint density at radius 3 is 0.649 bits per heavy atom. The standard InChI is InChI=1S/C71H134O6/c1-4-7-10-13-16-18-20-22-24-26-28-29-30-31-32-33-34-35-36-37-38-39-40-41-42-43-44-46-47-49-51-53-55-58-61-64-70(73)76-67-68(66-75-69(72)63-60-57-15-12-9-6-3)77-71(74)65-62-59-56-54-52-50-48-45-27-25-23-21-19-17-14-11-8-5-2/h25-28,68H,4-24,29-67H2,1-3H3/b27-25-,28-26-. The highest BCUT2D eigenvalue weighted by molar-refractivity contribution is 5.71. The minimum Gasteiger partial charge on any atom is -0.462 e. The van der Waals surface area contributed by atoms with Gasteiger partial charge < -0.3 is 14.2 Å². The number of hydrogen-bond donors (Lipinski definition) is 0. The molecule has 0 aliphatic carbocycles. The fourth-order valence-corrected chi connectivity index (χ4v) is 10.7. The van der Waals surface area contributed by atoms with Crippen molar-refractivity contribution >= 4 is 17.9 Å². The van der Waals surface area contributed by atoms with Crippen LogP contribution in [0, 0.1) is 0 Å². The van der Waals surface area contributed by atoms with E-state index in [9.17, 15) is 14.4 Å². The van der Waals surface area contributed by atoms with E-state index in [2.05, 4.69) is 45.1 Å². The Bertz CT molecular complexity index is 1240. The smallest absolute Gasteiger partial charge is 0.306 e. The van der Waals surface area contributed by atoms with Crippen LogP contribution in [0.5, 0.6) is 0 Å². The summed E-state index contributed by atoms with van der Waals surface area (Å²) in [7, 11) is 0. The van der Waals surface area contributed by atoms with Crippen molar-refractivity contribution in [2.75, 3.05) is 13.2 Å². The first kappa shape index (κ1) is 74.9. The number of unbranched alkanes of at least 4 members (excludes halogenated alkanes) is 50. The molecule has 0 N–H and O–H groups in total. The van der Waals surface area contributed by atoms with E-state index in [4.69, 9.17) is 14.2 Å². The minimum absolute atomic E-state index is 0.0677. The summed E-state index contributed by atoms with van der Waals surface area (Å²) in [5.74, 6) is -0.858. The first-order chi connectivity index (χ1) is 38.0. The zero-order chi connectivity index (χ0) is 55.7. The van der Waals surface area contributed by atoms with Crippen LogP contribution in [-0.4, -0.2) is 37.2 Å². The molecule has 1 atom stereocenters. The molecule has 0 aliphatic rings. The van der Waals surface area contributed by atoms with Crippen molar-refractivity contribution in [3.05, 3.63) is 24.3 Å². The van der Waals surface area contributed by atoms with Crippen LogP contribution in [0.1, 0.15) is 393 Å². The minimum atomic E-state index is -0.767. The summed E-state index contributed by atoms with van der Waals surface area (Å²) in [5.41, 5.74) is 0. The number of carbonyl (C=O) groups excluding carboxylic acids is 3. The van der Waals surface area contributed by atoms with E-state index in [0.717, 1.165) is 57.8 Å². The second-order valence-electron chi connectivity index (χ2n) is 23.8. The van der Waals surface area contributed by atoms with Crippen LogP contribution in [0.15, 0.2) is 24.3 Å². The topological polar surface area (TPSA) is 78.9 Å². The molecule has 0 aromatic heterocycles. The lowest BCUT2D eigenvalue weighted by Gasteiger charge is -2.18. The molecule has 0 saturated carbocycles. The van der Waals surface area contributed by atoms with Crippen molar-refractivity contribution in [1.29, 1.82) is 0 Å². The fourth-order valence-electron chi connectivity index (χ4n) is 10.7. The average molecular weight is 1080 g/mol. The Hall–Kier alpha value is -2.11. The van der Waals surface area contributed by atoms with Gasteiger partial charge in [-0.1, -0.05) is 328 Å². The lowest BCUT2D eigenvalue weighted by atomic mass is 10.0. The van der Waals surface area contributed by atoms with Crippen LogP contribution in [0.3, 0.4) is 0 Å². The van der Waals surface area contributed by atoms with Gasteiger partial charge in [-0.15, -0.1) is 0 Å². The van der Waals surface area contributed by atoms with Crippen LogP contribution >= 0.6 is 0 Å². The highest BCUT2D eigenvalue weighted by Crippen LogP contribution is 2.18. The largest absolute Gasteiger partial charge is 0.462 e. The molecule has 0 rings (SSSR count). The Labute approximate surface area is 481 Å². The van der Waals surface area contributed by atoms with Gasteiger partial charge >= 0.3 is 17.9 Å². The summed E-state index contributed by atoms with van der Waals surface area (Å²) in [6, 6.07) is 0. The molecule has 0 aliphatic heterocycles. The molecule has 0 bridgehead atoms. The molecule has 0 fully saturated rings. The van der Waals surface area contributed by atoms with Gasteiger partial charge in [0.15, 0.2) is 6.10 Å². The molecular weight excluding hydrogens is 949 g/mol. The Morgan fingerprint density at radius 2 is 0.429 bits per heavy atom. The number of hydrogen-bond acceptors (Lipinski definition) is 6. The van der Waals surface area contributed by atoms with Crippen LogP contribution in [0.25, 0.3) is 0 Å². The highest BCUT2D eigenvalue weighted by atomic mass is 16.6. The molecule has 0 saturated heterocycles. The number of rotatable bonds is 65. The first-order valence-corrected chi connectivity index (χ1v) is 34.8. The van der Waals surface area contributed by atoms with Crippen molar-refractivity contribution in [2.24, 2.45) is 0 Å². The predicted molar refractivity (Wildman–Crippen MR) is 335 cm³/mol. The molecule has 0 heterocycles. The second-order valence-corrected chi connectivity index (χ2v) is 23.8. The number of ether oxygens (including phenoxy) is 3. The molecule has 6 heteroatoms. The van der Waals surface area contributed by atoms with Gasteiger partial charge in [-0.25, -0.2) is 0 Å². The van der Waals surface area contributed by atoms with Crippen LogP contribution in [0.4, 0.5) is 0 Å². The SMILES string of the molecule is CCCCCCCCC/C=C\CCCCCCCCCC(=O)OC(COC(=O)CCCCCCCC)COC(=O)CCCCCCCCCCCCCCCCCCCCCCCCC/C=C\CCCCCCCCCC. The zero-order valence-electron chi connectivity index (χ0n) is 52.3. The van der Waals surface area contributed by atoms with E-state index < -0.39 is 6.10 Å². The van der Waals surface area contributed by atoms with E-state index >= 15 is 0 Å². The number of esters is 3. The van der Waals surface area contributed by atoms with Gasteiger partial charge in [0, 0.05) is 19.3 Å². The molecule has 0 radical (unpaired) electrons. The Morgan fingerprint density at radius 1 is 0.247 bits per heavy atom. The predicted octanol–water partition coefficient (Wildman–Crippen LogP) is 23.8. The maximum absolute atomic E-state index is 12.8. The summed E-state index contributed by atoms with van der Waals surface area (Å²) >= 11 is 0. The molecule has 0 aromatic carbocycles. The maximum atomic E-state index is 12.8. The van der Waals surface area contributed by atoms with Gasteiger partial charge in [-0.05, 0) is 70.6 Å². The molecule has 77 heavy (non-hydrogen) atoms. The van der Waals surface area contributed by atoms with Gasteiger partial charge in [0.05, 0.1) is 0 Å². The summed E-state index contributed by atoms with van der Waals surface area (Å²) in [6.45, 7) is 6.64. The lowest BCUT2D eigenvalue weighted by molar-refractivity contribution is -0.167. The van der Waals surface area contributed by atoms with Crippen molar-refractivity contribution in [3.8, 4) is 0 Å². The van der Waals surface area contributed by atoms with Crippen molar-refractivity contribution < 1.29 is 28.6 Å². The summed E-state index contributed by atoms with van der Waals surface area (Å²) in [6.07, 6.45) is 81.2. The number of allylic oxidation sites excluding steroid dienone is 4. The van der Waals surface area contributed by atoms with Crippen molar-refractivity contribution in [2.45, 2.75) is 399 Å². The van der Waals surface area contributed by atoms with Gasteiger partial charge in [0.25, 0.3) is 0 Å². The highest BCUT2D eigenvalue weighted by Gasteiger charge is 2.19. The molecule has 0 aromatic rings. The van der Waals surface area contributed by atoms with E-state index in [1.807, 2.05) is 0 Å². The zero-order valence-corrected chi connectivity index (χ0v) is 52.3. The fraction of sp³-hybridized carbons (Fsp3) is 0.901. The van der Waals surface area contributed by atoms with E-state index in [1.165, 1.54) is 295 Å². The number of carbonyl (C=O) groups is 3. The summed E-state index contributed by atoms with van der Waals surface area (Å²) in [4.78, 5) is 38.0. The molecule has 6 nitrogen and oxygen atoms in total. The van der Waals surface area contributed by atoms with Crippen LogP contribution in [-0.2, 0) is 28.6 Å². The van der Waals surface area contributed by atoms with E-state index in [-0.39, 0.29) is 31.1 Å². The summed E-state index contributed by atoms with van der Waals surface area (Å²) < 4.78 is 16.8. The molecular formula is C71H134O6. The normalized spacial score (nSPS) is 12.1. The van der Waals surface area contributed by atoms with Gasteiger partial charge in [0.1, 0.15) is 13.2 Å². The average Bonchev–Trinajstić information content (AvgIpc) is 3.43. The van der Waals surface area contributed by atoms with Gasteiger partial charge in [-0.2, -0.15) is 0 Å². The maximum Gasteiger partial charge on any atom is 0.306 e. The van der Waals surface area contributed by atoms with Gasteiger partial charge in [-0.3, -0.25) is 14.4 Å². The monoisotopic (exact) mass is 1080 g/mol. The third-order valence-electron chi connectivity index (χ3n) is 15.9.